The molecule has 2 aromatic heterocycles. The molecule has 0 saturated heterocycles. The summed E-state index contributed by atoms with van der Waals surface area (Å²) in [4.78, 5) is 28.9. The normalized spacial score (nSPS) is 15.2. The van der Waals surface area contributed by atoms with Crippen molar-refractivity contribution < 1.29 is 23.1 Å². The van der Waals surface area contributed by atoms with Crippen molar-refractivity contribution in [3.05, 3.63) is 92.1 Å². The Morgan fingerprint density at radius 1 is 1.09 bits per heavy atom. The van der Waals surface area contributed by atoms with Crippen molar-refractivity contribution in [2.75, 3.05) is 13.7 Å². The molecule has 0 saturated carbocycles. The molecule has 4 aromatic rings. The molecule has 35 heavy (non-hydrogen) atoms. The van der Waals surface area contributed by atoms with Crippen molar-refractivity contribution in [2.24, 2.45) is 5.92 Å². The second-order valence-electron chi connectivity index (χ2n) is 8.84. The van der Waals surface area contributed by atoms with Gasteiger partial charge >= 0.3 is 0 Å². The van der Waals surface area contributed by atoms with Gasteiger partial charge < -0.3 is 23.2 Å². The van der Waals surface area contributed by atoms with Gasteiger partial charge in [0.05, 0.1) is 43.5 Å². The first-order valence-electron chi connectivity index (χ1n) is 11.3. The lowest BCUT2D eigenvalue weighted by Gasteiger charge is -2.25. The monoisotopic (exact) mass is 537 g/mol. The topological polar surface area (TPSA) is 82.1 Å². The number of rotatable bonds is 7. The lowest BCUT2D eigenvalue weighted by molar-refractivity contribution is 0.0701. The Bertz CT molecular complexity index is 1460. The molecule has 0 radical (unpaired) electrons. The van der Waals surface area contributed by atoms with E-state index in [1.165, 1.54) is 0 Å². The summed E-state index contributed by atoms with van der Waals surface area (Å²) in [6.07, 6.45) is 1.55. The Morgan fingerprint density at radius 3 is 2.63 bits per heavy atom. The molecular weight excluding hydrogens is 514 g/mol. The molecule has 180 valence electrons. The van der Waals surface area contributed by atoms with Crippen molar-refractivity contribution >= 4 is 32.8 Å². The second kappa shape index (κ2) is 9.26. The summed E-state index contributed by atoms with van der Waals surface area (Å²) in [6.45, 7) is 4.84. The lowest BCUT2D eigenvalue weighted by Crippen LogP contribution is -2.29. The van der Waals surface area contributed by atoms with Crippen molar-refractivity contribution in [2.45, 2.75) is 26.4 Å². The molecule has 8 heteroatoms. The summed E-state index contributed by atoms with van der Waals surface area (Å²) in [5, 5.41) is 0.402. The van der Waals surface area contributed by atoms with Gasteiger partial charge in [-0.3, -0.25) is 9.59 Å². The van der Waals surface area contributed by atoms with E-state index >= 15 is 0 Å². The van der Waals surface area contributed by atoms with Crippen LogP contribution in [0.25, 0.3) is 11.0 Å². The van der Waals surface area contributed by atoms with Crippen LogP contribution in [-0.4, -0.2) is 24.5 Å². The number of hydrogen-bond donors (Lipinski definition) is 0. The first kappa shape index (κ1) is 23.2. The molecule has 0 aliphatic carbocycles. The minimum Gasteiger partial charge on any atom is -0.493 e. The fraction of sp³-hybridized carbons (Fsp3) is 0.259. The molecule has 3 heterocycles. The highest BCUT2D eigenvalue weighted by Crippen LogP contribution is 2.42. The van der Waals surface area contributed by atoms with E-state index in [2.05, 4.69) is 29.8 Å². The van der Waals surface area contributed by atoms with Gasteiger partial charge in [0.1, 0.15) is 11.3 Å². The van der Waals surface area contributed by atoms with Crippen LogP contribution >= 0.6 is 15.9 Å². The molecule has 7 nitrogen and oxygen atoms in total. The highest BCUT2D eigenvalue weighted by atomic mass is 79.9. The third kappa shape index (κ3) is 4.23. The molecule has 0 spiro atoms. The number of carbonyl (C=O) groups is 1. The van der Waals surface area contributed by atoms with Gasteiger partial charge in [-0.15, -0.1) is 0 Å². The summed E-state index contributed by atoms with van der Waals surface area (Å²) in [6, 6.07) is 13.5. The molecule has 1 amide bonds. The first-order chi connectivity index (χ1) is 16.9. The van der Waals surface area contributed by atoms with Gasteiger partial charge in [0, 0.05) is 4.47 Å². The maximum Gasteiger partial charge on any atom is 0.291 e. The first-order valence-corrected chi connectivity index (χ1v) is 12.1. The quantitative estimate of drug-likeness (QED) is 0.290. The van der Waals surface area contributed by atoms with E-state index in [1.54, 1.807) is 48.6 Å². The van der Waals surface area contributed by atoms with E-state index in [4.69, 9.17) is 18.3 Å². The minimum absolute atomic E-state index is 0.0421. The fourth-order valence-corrected chi connectivity index (χ4v) is 4.66. The van der Waals surface area contributed by atoms with E-state index in [9.17, 15) is 9.59 Å². The number of benzene rings is 2. The van der Waals surface area contributed by atoms with Crippen molar-refractivity contribution in [1.29, 1.82) is 0 Å². The Kier molecular flexibility index (Phi) is 6.15. The summed E-state index contributed by atoms with van der Waals surface area (Å²) < 4.78 is 23.8. The highest BCUT2D eigenvalue weighted by Gasteiger charge is 2.43. The van der Waals surface area contributed by atoms with Crippen LogP contribution in [0.4, 0.5) is 0 Å². The zero-order valence-electron chi connectivity index (χ0n) is 19.5. The smallest absolute Gasteiger partial charge is 0.291 e. The summed E-state index contributed by atoms with van der Waals surface area (Å²) >= 11 is 3.42. The standard InChI is InChI=1S/C27H24BrNO6/c1-15(2)14-34-21-8-6-16(11-22(21)32-3)24-23-25(30)19-12-17(28)7-9-20(19)35-26(23)27(31)29(24)13-18-5-4-10-33-18/h4-12,15,24H,13-14H2,1-3H3. The predicted molar refractivity (Wildman–Crippen MR) is 134 cm³/mol. The van der Waals surface area contributed by atoms with Gasteiger partial charge in [-0.1, -0.05) is 35.8 Å². The van der Waals surface area contributed by atoms with E-state index in [1.807, 2.05) is 18.2 Å². The third-order valence-electron chi connectivity index (χ3n) is 5.91. The van der Waals surface area contributed by atoms with Crippen molar-refractivity contribution in [1.82, 2.24) is 4.90 Å². The highest BCUT2D eigenvalue weighted by molar-refractivity contribution is 9.10. The van der Waals surface area contributed by atoms with Gasteiger partial charge in [-0.25, -0.2) is 0 Å². The Labute approximate surface area is 210 Å². The van der Waals surface area contributed by atoms with Crippen LogP contribution in [0.5, 0.6) is 11.5 Å². The van der Waals surface area contributed by atoms with Gasteiger partial charge in [0.25, 0.3) is 5.91 Å². The van der Waals surface area contributed by atoms with Crippen LogP contribution in [0.1, 0.15) is 47.3 Å². The number of furan rings is 1. The number of nitrogens with zero attached hydrogens (tertiary/aromatic N) is 1. The van der Waals surface area contributed by atoms with Crippen LogP contribution < -0.4 is 14.9 Å². The maximum atomic E-state index is 13.7. The van der Waals surface area contributed by atoms with Crippen LogP contribution in [0.3, 0.4) is 0 Å². The SMILES string of the molecule is COc1cc(C2c3c(oc4ccc(Br)cc4c3=O)C(=O)N2Cc2ccco2)ccc1OCC(C)C. The lowest BCUT2D eigenvalue weighted by atomic mass is 9.98. The summed E-state index contributed by atoms with van der Waals surface area (Å²) in [5.41, 5.74) is 1.12. The van der Waals surface area contributed by atoms with Gasteiger partial charge in [0.15, 0.2) is 16.9 Å². The Balaban J connectivity index is 1.67. The average molecular weight is 538 g/mol. The van der Waals surface area contributed by atoms with E-state index in [-0.39, 0.29) is 23.6 Å². The van der Waals surface area contributed by atoms with Crippen LogP contribution in [-0.2, 0) is 6.54 Å². The van der Waals surface area contributed by atoms with Crippen molar-refractivity contribution in [3.63, 3.8) is 0 Å². The third-order valence-corrected chi connectivity index (χ3v) is 6.40. The van der Waals surface area contributed by atoms with E-state index in [0.29, 0.717) is 51.9 Å². The number of amides is 1. The number of ether oxygens (including phenoxy) is 2. The molecule has 0 N–H and O–H groups in total. The van der Waals surface area contributed by atoms with E-state index in [0.717, 1.165) is 4.47 Å². The zero-order chi connectivity index (χ0) is 24.7. The van der Waals surface area contributed by atoms with E-state index < -0.39 is 6.04 Å². The molecule has 0 bridgehead atoms. The molecule has 1 atom stereocenters. The predicted octanol–water partition coefficient (Wildman–Crippen LogP) is 5.94. The van der Waals surface area contributed by atoms with Crippen molar-refractivity contribution in [3.8, 4) is 11.5 Å². The number of methoxy groups -OCH3 is 1. The number of carbonyl (C=O) groups excluding carboxylic acids is 1. The molecule has 2 aromatic carbocycles. The van der Waals surface area contributed by atoms with Gasteiger partial charge in [-0.2, -0.15) is 0 Å². The molecule has 5 rings (SSSR count). The van der Waals surface area contributed by atoms with Gasteiger partial charge in [0.2, 0.25) is 5.76 Å². The largest absolute Gasteiger partial charge is 0.493 e. The summed E-state index contributed by atoms with van der Waals surface area (Å²) in [5.74, 6) is 1.74. The van der Waals surface area contributed by atoms with Gasteiger partial charge in [-0.05, 0) is 53.9 Å². The molecule has 1 unspecified atom stereocenters. The fourth-order valence-electron chi connectivity index (χ4n) is 4.30. The van der Waals surface area contributed by atoms with Crippen LogP contribution in [0.15, 0.2) is 72.9 Å². The molecule has 0 fully saturated rings. The zero-order valence-corrected chi connectivity index (χ0v) is 21.1. The number of fused-ring (bicyclic) bond motifs is 2. The minimum atomic E-state index is -0.685. The number of hydrogen-bond acceptors (Lipinski definition) is 6. The Morgan fingerprint density at radius 2 is 1.91 bits per heavy atom. The Hall–Kier alpha value is -3.52. The number of halogens is 1. The molecule has 1 aliphatic heterocycles. The molecule has 1 aliphatic rings. The summed E-state index contributed by atoms with van der Waals surface area (Å²) in [7, 11) is 1.56. The second-order valence-corrected chi connectivity index (χ2v) is 9.76. The molecular formula is C27H24BrNO6. The van der Waals surface area contributed by atoms with Crippen LogP contribution in [0.2, 0.25) is 0 Å². The van der Waals surface area contributed by atoms with Crippen LogP contribution in [0, 0.1) is 5.92 Å². The maximum absolute atomic E-state index is 13.7. The average Bonchev–Trinajstić information content (AvgIpc) is 3.45.